The molecule has 2 aliphatic rings. The van der Waals surface area contributed by atoms with Gasteiger partial charge in [0.15, 0.2) is 0 Å². The first-order chi connectivity index (χ1) is 10.2. The van der Waals surface area contributed by atoms with Crippen LogP contribution in [-0.2, 0) is 0 Å². The molecule has 1 heterocycles. The standard InChI is InChI=1S/C17H26IN3/c18-13-7-9-15(10-8-13)21-11-3-4-14(12-21)20-17-6-2-1-5-16(17)19/h7-10,14,16-17,20H,1-6,11-12,19H2/t14?,16-,17-/m1/s1. The average molecular weight is 399 g/mol. The molecule has 0 radical (unpaired) electrons. The Morgan fingerprint density at radius 1 is 1.05 bits per heavy atom. The van der Waals surface area contributed by atoms with Gasteiger partial charge in [-0.25, -0.2) is 0 Å². The molecule has 2 fully saturated rings. The van der Waals surface area contributed by atoms with Crippen molar-refractivity contribution in [3.05, 3.63) is 27.8 Å². The molecule has 0 aromatic heterocycles. The van der Waals surface area contributed by atoms with Gasteiger partial charge in [-0.05, 0) is 72.5 Å². The number of nitrogens with two attached hydrogens (primary N) is 1. The Hall–Kier alpha value is -0.330. The molecule has 0 spiro atoms. The lowest BCUT2D eigenvalue weighted by molar-refractivity contribution is 0.282. The van der Waals surface area contributed by atoms with Crippen molar-refractivity contribution >= 4 is 28.3 Å². The summed E-state index contributed by atoms with van der Waals surface area (Å²) in [5.74, 6) is 0. The third-order valence-corrected chi connectivity index (χ3v) is 5.60. The summed E-state index contributed by atoms with van der Waals surface area (Å²) in [7, 11) is 0. The molecule has 1 saturated heterocycles. The number of hydrogen-bond donors (Lipinski definition) is 2. The van der Waals surface area contributed by atoms with E-state index in [9.17, 15) is 0 Å². The number of nitrogens with one attached hydrogen (secondary N) is 1. The van der Waals surface area contributed by atoms with Crippen LogP contribution in [0.25, 0.3) is 0 Å². The van der Waals surface area contributed by atoms with Crippen LogP contribution in [0.15, 0.2) is 24.3 Å². The van der Waals surface area contributed by atoms with E-state index in [0.29, 0.717) is 18.1 Å². The highest BCUT2D eigenvalue weighted by Gasteiger charge is 2.27. The van der Waals surface area contributed by atoms with Gasteiger partial charge in [-0.2, -0.15) is 0 Å². The predicted molar refractivity (Wildman–Crippen MR) is 97.8 cm³/mol. The van der Waals surface area contributed by atoms with Crippen molar-refractivity contribution in [3.8, 4) is 0 Å². The number of halogens is 1. The van der Waals surface area contributed by atoms with Crippen LogP contribution < -0.4 is 16.0 Å². The molecule has 3 N–H and O–H groups in total. The van der Waals surface area contributed by atoms with Gasteiger partial charge in [0, 0.05) is 40.5 Å². The van der Waals surface area contributed by atoms with E-state index >= 15 is 0 Å². The number of benzene rings is 1. The van der Waals surface area contributed by atoms with Gasteiger partial charge in [-0.15, -0.1) is 0 Å². The minimum Gasteiger partial charge on any atom is -0.370 e. The highest BCUT2D eigenvalue weighted by Crippen LogP contribution is 2.23. The molecule has 0 bridgehead atoms. The Labute approximate surface area is 141 Å². The fraction of sp³-hybridized carbons (Fsp3) is 0.647. The summed E-state index contributed by atoms with van der Waals surface area (Å²) >= 11 is 2.37. The van der Waals surface area contributed by atoms with E-state index in [1.165, 1.54) is 54.3 Å². The molecular weight excluding hydrogens is 373 g/mol. The molecule has 4 heteroatoms. The lowest BCUT2D eigenvalue weighted by Gasteiger charge is -2.39. The minimum atomic E-state index is 0.354. The van der Waals surface area contributed by atoms with E-state index in [-0.39, 0.29) is 0 Å². The first-order valence-corrected chi connectivity index (χ1v) is 9.32. The second kappa shape index (κ2) is 7.29. The van der Waals surface area contributed by atoms with Crippen molar-refractivity contribution in [1.82, 2.24) is 5.32 Å². The van der Waals surface area contributed by atoms with E-state index in [0.717, 1.165) is 6.54 Å². The lowest BCUT2D eigenvalue weighted by atomic mass is 9.89. The van der Waals surface area contributed by atoms with Gasteiger partial charge in [-0.1, -0.05) is 12.8 Å². The molecule has 21 heavy (non-hydrogen) atoms. The minimum absolute atomic E-state index is 0.354. The first kappa shape index (κ1) is 15.6. The number of anilines is 1. The normalized spacial score (nSPS) is 30.4. The zero-order valence-corrected chi connectivity index (χ0v) is 14.8. The molecule has 1 saturated carbocycles. The van der Waals surface area contributed by atoms with Crippen LogP contribution in [0.2, 0.25) is 0 Å². The Morgan fingerprint density at radius 2 is 1.81 bits per heavy atom. The molecule has 0 amide bonds. The van der Waals surface area contributed by atoms with E-state index in [2.05, 4.69) is 57.1 Å². The van der Waals surface area contributed by atoms with Gasteiger partial charge in [0.05, 0.1) is 0 Å². The maximum absolute atomic E-state index is 6.28. The number of rotatable bonds is 3. The fourth-order valence-electron chi connectivity index (χ4n) is 3.67. The largest absolute Gasteiger partial charge is 0.370 e. The Balaban J connectivity index is 1.59. The van der Waals surface area contributed by atoms with Crippen LogP contribution in [0.4, 0.5) is 5.69 Å². The van der Waals surface area contributed by atoms with Crippen LogP contribution in [0, 0.1) is 3.57 Å². The summed E-state index contributed by atoms with van der Waals surface area (Å²) < 4.78 is 1.30. The number of piperidine rings is 1. The lowest BCUT2D eigenvalue weighted by Crippen LogP contribution is -2.55. The van der Waals surface area contributed by atoms with Crippen molar-refractivity contribution in [3.63, 3.8) is 0 Å². The topological polar surface area (TPSA) is 41.3 Å². The van der Waals surface area contributed by atoms with Gasteiger partial charge < -0.3 is 16.0 Å². The predicted octanol–water partition coefficient (Wildman–Crippen LogP) is 3.12. The smallest absolute Gasteiger partial charge is 0.0367 e. The SMILES string of the molecule is N[C@@H]1CCCC[C@H]1NC1CCCN(c2ccc(I)cc2)C1. The molecule has 1 aliphatic carbocycles. The third-order valence-electron chi connectivity index (χ3n) is 4.88. The van der Waals surface area contributed by atoms with Crippen molar-refractivity contribution in [1.29, 1.82) is 0 Å². The maximum Gasteiger partial charge on any atom is 0.0367 e. The second-order valence-corrected chi connectivity index (χ2v) is 7.73. The average Bonchev–Trinajstić information content (AvgIpc) is 2.51. The monoisotopic (exact) mass is 399 g/mol. The fourth-order valence-corrected chi connectivity index (χ4v) is 4.03. The molecule has 116 valence electrons. The van der Waals surface area contributed by atoms with Crippen molar-refractivity contribution in [2.24, 2.45) is 5.73 Å². The van der Waals surface area contributed by atoms with Gasteiger partial charge in [-0.3, -0.25) is 0 Å². The van der Waals surface area contributed by atoms with Gasteiger partial charge in [0.25, 0.3) is 0 Å². The number of nitrogens with zero attached hydrogens (tertiary/aromatic N) is 1. The summed E-state index contributed by atoms with van der Waals surface area (Å²) in [4.78, 5) is 2.52. The highest BCUT2D eigenvalue weighted by molar-refractivity contribution is 14.1. The zero-order valence-electron chi connectivity index (χ0n) is 12.6. The van der Waals surface area contributed by atoms with Gasteiger partial charge in [0.2, 0.25) is 0 Å². The van der Waals surface area contributed by atoms with E-state index in [1.54, 1.807) is 0 Å². The van der Waals surface area contributed by atoms with Crippen molar-refractivity contribution in [2.45, 2.75) is 56.7 Å². The summed E-state index contributed by atoms with van der Waals surface area (Å²) in [6, 6.07) is 10.4. The van der Waals surface area contributed by atoms with Crippen molar-refractivity contribution < 1.29 is 0 Å². The Kier molecular flexibility index (Phi) is 5.40. The quantitative estimate of drug-likeness (QED) is 0.768. The van der Waals surface area contributed by atoms with E-state index in [1.807, 2.05) is 0 Å². The van der Waals surface area contributed by atoms with Crippen LogP contribution in [0.1, 0.15) is 38.5 Å². The summed E-state index contributed by atoms with van der Waals surface area (Å²) in [6.45, 7) is 2.29. The molecule has 3 nitrogen and oxygen atoms in total. The van der Waals surface area contributed by atoms with Crippen LogP contribution >= 0.6 is 22.6 Å². The first-order valence-electron chi connectivity index (χ1n) is 8.24. The summed E-state index contributed by atoms with van der Waals surface area (Å²) in [5.41, 5.74) is 7.64. The highest BCUT2D eigenvalue weighted by atomic mass is 127. The summed E-state index contributed by atoms with van der Waals surface area (Å²) in [6.07, 6.45) is 7.62. The molecule has 1 aromatic rings. The molecule has 1 unspecified atom stereocenters. The van der Waals surface area contributed by atoms with Gasteiger partial charge >= 0.3 is 0 Å². The molecule has 1 aromatic carbocycles. The van der Waals surface area contributed by atoms with Crippen LogP contribution in [-0.4, -0.2) is 31.2 Å². The number of hydrogen-bond acceptors (Lipinski definition) is 3. The maximum atomic E-state index is 6.28. The Morgan fingerprint density at radius 3 is 2.57 bits per heavy atom. The van der Waals surface area contributed by atoms with Crippen LogP contribution in [0.3, 0.4) is 0 Å². The van der Waals surface area contributed by atoms with E-state index < -0.39 is 0 Å². The molecule has 3 rings (SSSR count). The van der Waals surface area contributed by atoms with E-state index in [4.69, 9.17) is 5.73 Å². The summed E-state index contributed by atoms with van der Waals surface area (Å²) in [5, 5.41) is 3.85. The van der Waals surface area contributed by atoms with Crippen LogP contribution in [0.5, 0.6) is 0 Å². The molecule has 1 aliphatic heterocycles. The van der Waals surface area contributed by atoms with Crippen molar-refractivity contribution in [2.75, 3.05) is 18.0 Å². The molecular formula is C17H26IN3. The zero-order chi connectivity index (χ0) is 14.7. The third kappa shape index (κ3) is 4.11. The van der Waals surface area contributed by atoms with Gasteiger partial charge in [0.1, 0.15) is 0 Å². The Bertz CT molecular complexity index is 448. The second-order valence-electron chi connectivity index (χ2n) is 6.48. The molecule has 3 atom stereocenters.